The van der Waals surface area contributed by atoms with Gasteiger partial charge < -0.3 is 4.52 Å². The normalized spacial score (nSPS) is 11.3. The molecule has 4 rings (SSSR count). The van der Waals surface area contributed by atoms with Crippen LogP contribution < -0.4 is 0 Å². The molecule has 0 fully saturated rings. The number of pyridine rings is 1. The van der Waals surface area contributed by atoms with Crippen LogP contribution in [0.5, 0.6) is 0 Å². The van der Waals surface area contributed by atoms with E-state index in [-0.39, 0.29) is 0 Å². The molecule has 0 saturated heterocycles. The molecule has 0 bridgehead atoms. The number of hydrogen-bond acceptors (Lipinski definition) is 8. The van der Waals surface area contributed by atoms with E-state index in [4.69, 9.17) is 4.52 Å². The van der Waals surface area contributed by atoms with E-state index in [2.05, 4.69) is 68.8 Å². The van der Waals surface area contributed by atoms with Crippen LogP contribution >= 0.6 is 11.8 Å². The fourth-order valence-corrected chi connectivity index (χ4v) is 3.62. The van der Waals surface area contributed by atoms with E-state index in [1.165, 1.54) is 5.56 Å². The van der Waals surface area contributed by atoms with Crippen molar-refractivity contribution in [1.29, 1.82) is 0 Å². The third kappa shape index (κ3) is 4.68. The van der Waals surface area contributed by atoms with Crippen molar-refractivity contribution in [2.45, 2.75) is 37.8 Å². The Morgan fingerprint density at radius 3 is 2.62 bits per heavy atom. The van der Waals surface area contributed by atoms with Crippen LogP contribution in [0.3, 0.4) is 0 Å². The minimum atomic E-state index is 0.496. The van der Waals surface area contributed by atoms with Crippen molar-refractivity contribution in [3.05, 3.63) is 60.2 Å². The summed E-state index contributed by atoms with van der Waals surface area (Å²) >= 11 is 1.61. The molecule has 148 valence electrons. The van der Waals surface area contributed by atoms with Gasteiger partial charge >= 0.3 is 0 Å². The molecule has 8 nitrogen and oxygen atoms in total. The quantitative estimate of drug-likeness (QED) is 0.320. The summed E-state index contributed by atoms with van der Waals surface area (Å²) in [6.07, 6.45) is 5.00. The molecule has 0 aliphatic carbocycles. The predicted octanol–water partition coefficient (Wildman–Crippen LogP) is 3.96. The molecule has 4 aromatic rings. The molecule has 9 heteroatoms. The summed E-state index contributed by atoms with van der Waals surface area (Å²) in [4.78, 5) is 8.44. The molecule has 0 radical (unpaired) electrons. The Hall–Kier alpha value is -3.07. The average Bonchev–Trinajstić information content (AvgIpc) is 3.42. The highest BCUT2D eigenvalue weighted by molar-refractivity contribution is 7.99. The second-order valence-electron chi connectivity index (χ2n) is 6.82. The summed E-state index contributed by atoms with van der Waals surface area (Å²) in [6.45, 7) is 4.35. The van der Waals surface area contributed by atoms with E-state index in [9.17, 15) is 0 Å². The van der Waals surface area contributed by atoms with Gasteiger partial charge in [0, 0.05) is 30.1 Å². The Labute approximate surface area is 172 Å². The van der Waals surface area contributed by atoms with E-state index in [0.29, 0.717) is 24.1 Å². The second-order valence-corrected chi connectivity index (χ2v) is 7.88. The van der Waals surface area contributed by atoms with Crippen LogP contribution in [0, 0.1) is 0 Å². The van der Waals surface area contributed by atoms with Gasteiger partial charge in [0.15, 0.2) is 0 Å². The zero-order valence-electron chi connectivity index (χ0n) is 16.3. The molecule has 0 atom stereocenters. The van der Waals surface area contributed by atoms with Crippen LogP contribution in [0.15, 0.2) is 58.5 Å². The summed E-state index contributed by atoms with van der Waals surface area (Å²) < 4.78 is 7.11. The molecule has 0 N–H and O–H groups in total. The Morgan fingerprint density at radius 2 is 1.86 bits per heavy atom. The Morgan fingerprint density at radius 1 is 1.07 bits per heavy atom. The van der Waals surface area contributed by atoms with Gasteiger partial charge in [-0.2, -0.15) is 9.67 Å². The largest absolute Gasteiger partial charge is 0.339 e. The van der Waals surface area contributed by atoms with Crippen LogP contribution in [0.25, 0.3) is 17.1 Å². The number of thioether (sulfide) groups is 1. The lowest BCUT2D eigenvalue weighted by Crippen LogP contribution is -2.00. The lowest BCUT2D eigenvalue weighted by atomic mass is 10.0. The molecule has 0 aliphatic heterocycles. The van der Waals surface area contributed by atoms with Crippen LogP contribution in [-0.4, -0.2) is 41.1 Å². The average molecular weight is 408 g/mol. The fraction of sp³-hybridized carbons (Fsp3) is 0.300. The number of rotatable bonds is 8. The third-order valence-corrected chi connectivity index (χ3v) is 5.42. The monoisotopic (exact) mass is 407 g/mol. The van der Waals surface area contributed by atoms with Gasteiger partial charge in [0.1, 0.15) is 0 Å². The molecule has 0 unspecified atom stereocenters. The van der Waals surface area contributed by atoms with E-state index < -0.39 is 0 Å². The van der Waals surface area contributed by atoms with Crippen LogP contribution in [0.1, 0.15) is 37.6 Å². The van der Waals surface area contributed by atoms with Crippen LogP contribution in [0.2, 0.25) is 0 Å². The number of tetrazole rings is 1. The molecule has 0 saturated carbocycles. The topological polar surface area (TPSA) is 95.4 Å². The first-order valence-electron chi connectivity index (χ1n) is 9.45. The highest BCUT2D eigenvalue weighted by atomic mass is 32.2. The molecule has 0 spiro atoms. The Kier molecular flexibility index (Phi) is 5.95. The van der Waals surface area contributed by atoms with Gasteiger partial charge in [-0.25, -0.2) is 0 Å². The van der Waals surface area contributed by atoms with E-state index in [1.54, 1.807) is 28.8 Å². The van der Waals surface area contributed by atoms with Gasteiger partial charge in [-0.1, -0.05) is 42.9 Å². The van der Waals surface area contributed by atoms with Gasteiger partial charge in [0.25, 0.3) is 0 Å². The van der Waals surface area contributed by atoms with Gasteiger partial charge in [-0.05, 0) is 52.6 Å². The maximum atomic E-state index is 5.34. The number of benzene rings is 1. The maximum Gasteiger partial charge on any atom is 0.226 e. The smallest absolute Gasteiger partial charge is 0.226 e. The van der Waals surface area contributed by atoms with Gasteiger partial charge in [0.2, 0.25) is 16.9 Å². The molecule has 0 aliphatic rings. The van der Waals surface area contributed by atoms with Crippen molar-refractivity contribution < 1.29 is 4.52 Å². The second kappa shape index (κ2) is 8.95. The molecule has 3 aromatic heterocycles. The van der Waals surface area contributed by atoms with Crippen molar-refractivity contribution >= 4 is 11.8 Å². The SMILES string of the molecule is CC(C)c1ccc(-n2nnnc2SCCCc2nc(-c3ccncc3)no2)cc1. The summed E-state index contributed by atoms with van der Waals surface area (Å²) in [5.74, 6) is 2.55. The van der Waals surface area contributed by atoms with Crippen LogP contribution in [0.4, 0.5) is 0 Å². The van der Waals surface area contributed by atoms with E-state index in [1.807, 2.05) is 12.1 Å². The summed E-state index contributed by atoms with van der Waals surface area (Å²) in [7, 11) is 0. The molecular weight excluding hydrogens is 386 g/mol. The van der Waals surface area contributed by atoms with Gasteiger partial charge in [0.05, 0.1) is 5.69 Å². The number of hydrogen-bond donors (Lipinski definition) is 0. The van der Waals surface area contributed by atoms with E-state index in [0.717, 1.165) is 28.6 Å². The highest BCUT2D eigenvalue weighted by Crippen LogP contribution is 2.22. The Bertz CT molecular complexity index is 1040. The fourth-order valence-electron chi connectivity index (χ4n) is 2.79. The number of nitrogens with zero attached hydrogens (tertiary/aromatic N) is 7. The minimum Gasteiger partial charge on any atom is -0.339 e. The van der Waals surface area contributed by atoms with Gasteiger partial charge in [-0.15, -0.1) is 5.10 Å². The zero-order chi connectivity index (χ0) is 20.1. The first kappa shape index (κ1) is 19.3. The van der Waals surface area contributed by atoms with E-state index >= 15 is 0 Å². The predicted molar refractivity (Wildman–Crippen MR) is 110 cm³/mol. The Balaban J connectivity index is 1.32. The minimum absolute atomic E-state index is 0.496. The molecule has 29 heavy (non-hydrogen) atoms. The number of aryl methyl sites for hydroxylation is 1. The molecule has 0 amide bonds. The van der Waals surface area contributed by atoms with Gasteiger partial charge in [-0.3, -0.25) is 4.98 Å². The summed E-state index contributed by atoms with van der Waals surface area (Å²) in [5.41, 5.74) is 3.15. The lowest BCUT2D eigenvalue weighted by molar-refractivity contribution is 0.378. The van der Waals surface area contributed by atoms with Crippen LogP contribution in [-0.2, 0) is 6.42 Å². The first-order valence-corrected chi connectivity index (χ1v) is 10.4. The molecule has 1 aromatic carbocycles. The van der Waals surface area contributed by atoms with Crippen molar-refractivity contribution in [1.82, 2.24) is 35.3 Å². The first-order chi connectivity index (χ1) is 14.2. The van der Waals surface area contributed by atoms with Crippen molar-refractivity contribution in [3.63, 3.8) is 0 Å². The number of aromatic nitrogens is 7. The molecule has 3 heterocycles. The summed E-state index contributed by atoms with van der Waals surface area (Å²) in [5, 5.41) is 16.9. The van der Waals surface area contributed by atoms with Crippen molar-refractivity contribution in [2.24, 2.45) is 0 Å². The summed E-state index contributed by atoms with van der Waals surface area (Å²) in [6, 6.07) is 12.1. The van der Waals surface area contributed by atoms with Crippen molar-refractivity contribution in [2.75, 3.05) is 5.75 Å². The molecular formula is C20H21N7OS. The van der Waals surface area contributed by atoms with Crippen molar-refractivity contribution in [3.8, 4) is 17.1 Å². The third-order valence-electron chi connectivity index (χ3n) is 4.42. The highest BCUT2D eigenvalue weighted by Gasteiger charge is 2.11. The maximum absolute atomic E-state index is 5.34. The standard InChI is InChI=1S/C20H21N7OS/c1-14(2)15-5-7-17(8-6-15)27-20(23-25-26-27)29-13-3-4-18-22-19(24-28-18)16-9-11-21-12-10-16/h5-12,14H,3-4,13H2,1-2H3. The zero-order valence-corrected chi connectivity index (χ0v) is 17.1. The lowest BCUT2D eigenvalue weighted by Gasteiger charge is -2.07.